The number of carbonyl (C=O) groups excluding carboxylic acids is 1. The van der Waals surface area contributed by atoms with E-state index in [2.05, 4.69) is 45.0 Å². The summed E-state index contributed by atoms with van der Waals surface area (Å²) < 4.78 is 12.6. The third kappa shape index (κ3) is 3.13. The Kier molecular flexibility index (Phi) is 4.22. The van der Waals surface area contributed by atoms with Crippen molar-refractivity contribution in [3.63, 3.8) is 0 Å². The van der Waals surface area contributed by atoms with Crippen LogP contribution in [0.3, 0.4) is 0 Å². The predicted octanol–water partition coefficient (Wildman–Crippen LogP) is 4.63. The lowest BCUT2D eigenvalue weighted by atomic mass is 9.73. The van der Waals surface area contributed by atoms with Gasteiger partial charge in [0, 0.05) is 22.0 Å². The number of Topliss-reactive ketones (excluding diaryl/α,β-unsaturated/α-hetero) is 1. The summed E-state index contributed by atoms with van der Waals surface area (Å²) >= 11 is 0. The van der Waals surface area contributed by atoms with Crippen molar-refractivity contribution in [3.05, 3.63) is 35.4 Å². The summed E-state index contributed by atoms with van der Waals surface area (Å²) in [4.78, 5) is 13.0. The van der Waals surface area contributed by atoms with Crippen LogP contribution in [0, 0.1) is 23.2 Å². The maximum atomic E-state index is 13.0. The monoisotopic (exact) mass is 358 g/mol. The van der Waals surface area contributed by atoms with Crippen molar-refractivity contribution in [2.45, 2.75) is 64.0 Å². The van der Waals surface area contributed by atoms with E-state index in [0.29, 0.717) is 17.5 Å². The second-order valence-corrected chi connectivity index (χ2v) is 11.3. The molecule has 4 aliphatic carbocycles. The molecule has 1 aromatic rings. The summed E-state index contributed by atoms with van der Waals surface area (Å²) in [6.45, 7) is 6.59. The molecule has 1 aromatic carbocycles. The quantitative estimate of drug-likeness (QED) is 0.769. The highest BCUT2D eigenvalue weighted by molar-refractivity contribution is 7.84. The van der Waals surface area contributed by atoms with E-state index >= 15 is 0 Å². The molecule has 136 valence electrons. The van der Waals surface area contributed by atoms with Gasteiger partial charge in [-0.3, -0.25) is 9.00 Å². The Balaban J connectivity index is 1.39. The molecule has 25 heavy (non-hydrogen) atoms. The third-order valence-electron chi connectivity index (χ3n) is 6.98. The van der Waals surface area contributed by atoms with Gasteiger partial charge < -0.3 is 0 Å². The molecule has 0 aliphatic heterocycles. The van der Waals surface area contributed by atoms with Crippen LogP contribution in [0.2, 0.25) is 0 Å². The molecule has 0 aromatic heterocycles. The lowest BCUT2D eigenvalue weighted by Gasteiger charge is -2.31. The van der Waals surface area contributed by atoms with Gasteiger partial charge in [0.25, 0.3) is 0 Å². The summed E-state index contributed by atoms with van der Waals surface area (Å²) in [6.07, 6.45) is 6.02. The predicted molar refractivity (Wildman–Crippen MR) is 103 cm³/mol. The van der Waals surface area contributed by atoms with Crippen LogP contribution in [0.1, 0.15) is 64.0 Å². The fourth-order valence-electron chi connectivity index (χ4n) is 5.88. The highest BCUT2D eigenvalue weighted by Gasteiger charge is 2.60. The van der Waals surface area contributed by atoms with Crippen LogP contribution in [-0.2, 0) is 26.8 Å². The molecule has 4 fully saturated rings. The standard InChI is InChI=1S/C22H30O2S/c1-21(2,3)18-6-4-15(5-7-18)13-25(24)14-20(23)22-11-16-8-17(12-22)10-19(22)9-16/h4-7,16-17,19H,8-14H2,1-3H3. The molecule has 3 atom stereocenters. The van der Waals surface area contributed by atoms with Crippen molar-refractivity contribution < 1.29 is 9.00 Å². The van der Waals surface area contributed by atoms with E-state index in [1.54, 1.807) is 0 Å². The average molecular weight is 359 g/mol. The molecule has 4 saturated carbocycles. The average Bonchev–Trinajstić information content (AvgIpc) is 2.92. The molecule has 3 unspecified atom stereocenters. The molecule has 4 bridgehead atoms. The second kappa shape index (κ2) is 6.04. The Morgan fingerprint density at radius 3 is 2.24 bits per heavy atom. The summed E-state index contributed by atoms with van der Waals surface area (Å²) in [5, 5.41) is 0. The topological polar surface area (TPSA) is 34.1 Å². The maximum Gasteiger partial charge on any atom is 0.151 e. The summed E-state index contributed by atoms with van der Waals surface area (Å²) in [6, 6.07) is 8.41. The van der Waals surface area contributed by atoms with Crippen molar-refractivity contribution in [2.75, 3.05) is 5.75 Å². The molecule has 0 radical (unpaired) electrons. The van der Waals surface area contributed by atoms with Gasteiger partial charge in [-0.2, -0.15) is 0 Å². The zero-order chi connectivity index (χ0) is 17.8. The van der Waals surface area contributed by atoms with Crippen LogP contribution in [0.4, 0.5) is 0 Å². The van der Waals surface area contributed by atoms with Crippen LogP contribution >= 0.6 is 0 Å². The molecule has 3 heteroatoms. The zero-order valence-electron chi connectivity index (χ0n) is 15.7. The first-order valence-corrected chi connectivity index (χ1v) is 11.2. The summed E-state index contributed by atoms with van der Waals surface area (Å²) in [7, 11) is -1.09. The van der Waals surface area contributed by atoms with Crippen LogP contribution < -0.4 is 0 Å². The van der Waals surface area contributed by atoms with Crippen molar-refractivity contribution in [1.82, 2.24) is 0 Å². The van der Waals surface area contributed by atoms with E-state index in [0.717, 1.165) is 30.2 Å². The molecule has 5 rings (SSSR count). The number of rotatable bonds is 5. The molecule has 2 nitrogen and oxygen atoms in total. The zero-order valence-corrected chi connectivity index (χ0v) is 16.5. The first-order valence-electron chi connectivity index (χ1n) is 9.74. The van der Waals surface area contributed by atoms with E-state index in [4.69, 9.17) is 0 Å². The van der Waals surface area contributed by atoms with Crippen molar-refractivity contribution in [2.24, 2.45) is 23.2 Å². The second-order valence-electron chi connectivity index (χ2n) is 9.80. The van der Waals surface area contributed by atoms with Crippen molar-refractivity contribution >= 4 is 16.6 Å². The maximum absolute atomic E-state index is 13.0. The van der Waals surface area contributed by atoms with Gasteiger partial charge in [0.05, 0.1) is 5.75 Å². The van der Waals surface area contributed by atoms with Gasteiger partial charge in [0.1, 0.15) is 0 Å². The van der Waals surface area contributed by atoms with Crippen molar-refractivity contribution in [1.29, 1.82) is 0 Å². The number of hydrogen-bond acceptors (Lipinski definition) is 2. The van der Waals surface area contributed by atoms with Gasteiger partial charge in [-0.05, 0) is 66.4 Å². The molecule has 0 amide bonds. The van der Waals surface area contributed by atoms with E-state index < -0.39 is 10.8 Å². The van der Waals surface area contributed by atoms with Gasteiger partial charge in [0.2, 0.25) is 0 Å². The Hall–Kier alpha value is -0.960. The minimum absolute atomic E-state index is 0.0840. The Bertz CT molecular complexity index is 684. The first-order chi connectivity index (χ1) is 11.8. The molecule has 0 N–H and O–H groups in total. The van der Waals surface area contributed by atoms with Gasteiger partial charge in [0.15, 0.2) is 5.78 Å². The normalized spacial score (nSPS) is 34.4. The highest BCUT2D eigenvalue weighted by atomic mass is 32.2. The summed E-state index contributed by atoms with van der Waals surface area (Å²) in [5.41, 5.74) is 2.41. The van der Waals surface area contributed by atoms with E-state index in [-0.39, 0.29) is 16.6 Å². The Labute approximate surface area is 154 Å². The lowest BCUT2D eigenvalue weighted by Crippen LogP contribution is -2.36. The Morgan fingerprint density at radius 1 is 1.08 bits per heavy atom. The van der Waals surface area contributed by atoms with Gasteiger partial charge in [-0.25, -0.2) is 0 Å². The molecule has 0 saturated heterocycles. The lowest BCUT2D eigenvalue weighted by molar-refractivity contribution is -0.127. The number of carbonyl (C=O) groups is 1. The van der Waals surface area contributed by atoms with Crippen molar-refractivity contribution in [3.8, 4) is 0 Å². The van der Waals surface area contributed by atoms with Crippen LogP contribution in [0.5, 0.6) is 0 Å². The third-order valence-corrected chi connectivity index (χ3v) is 8.22. The van der Waals surface area contributed by atoms with Crippen LogP contribution in [0.15, 0.2) is 24.3 Å². The Morgan fingerprint density at radius 2 is 1.68 bits per heavy atom. The minimum atomic E-state index is -1.09. The molecular weight excluding hydrogens is 328 g/mol. The largest absolute Gasteiger partial charge is 0.298 e. The molecule has 4 aliphatic rings. The first kappa shape index (κ1) is 17.5. The molecular formula is C22H30O2S. The fourth-order valence-corrected chi connectivity index (χ4v) is 7.13. The smallest absolute Gasteiger partial charge is 0.151 e. The summed E-state index contributed by atoms with van der Waals surface area (Å²) in [5.74, 6) is 3.24. The van der Waals surface area contributed by atoms with Crippen LogP contribution in [-0.4, -0.2) is 15.7 Å². The highest BCUT2D eigenvalue weighted by Crippen LogP contribution is 2.65. The number of hydrogen-bond donors (Lipinski definition) is 0. The molecule has 0 heterocycles. The van der Waals surface area contributed by atoms with Gasteiger partial charge in [-0.15, -0.1) is 0 Å². The SMILES string of the molecule is CC(C)(C)c1ccc(CS(=O)CC(=O)C23CC4CC(CC2C4)C3)cc1. The fraction of sp³-hybridized carbons (Fsp3) is 0.682. The van der Waals surface area contributed by atoms with Gasteiger partial charge in [-0.1, -0.05) is 45.0 Å². The van der Waals surface area contributed by atoms with E-state index in [9.17, 15) is 9.00 Å². The van der Waals surface area contributed by atoms with E-state index in [1.165, 1.54) is 24.8 Å². The van der Waals surface area contributed by atoms with Crippen LogP contribution in [0.25, 0.3) is 0 Å². The molecule has 0 spiro atoms. The van der Waals surface area contributed by atoms with E-state index in [1.807, 2.05) is 0 Å². The minimum Gasteiger partial charge on any atom is -0.298 e. The number of ketones is 1. The van der Waals surface area contributed by atoms with Gasteiger partial charge >= 0.3 is 0 Å². The number of benzene rings is 1.